The molecule has 0 aliphatic heterocycles. The van der Waals surface area contributed by atoms with E-state index in [1.54, 1.807) is 0 Å². The van der Waals surface area contributed by atoms with E-state index in [4.69, 9.17) is 0 Å². The average molecular weight is 981 g/mol. The lowest BCUT2D eigenvalue weighted by atomic mass is 10.4. The zero-order chi connectivity index (χ0) is 33.1. The maximum atomic E-state index is 2.27. The fourth-order valence-corrected chi connectivity index (χ4v) is 3.82. The first-order chi connectivity index (χ1) is 18.1. The molecule has 0 aliphatic rings. The lowest BCUT2D eigenvalue weighted by Crippen LogP contribution is -3.00. The van der Waals surface area contributed by atoms with E-state index in [9.17, 15) is 0 Å². The van der Waals surface area contributed by atoms with Crippen molar-refractivity contribution in [3.8, 4) is 0 Å². The molecule has 0 saturated heterocycles. The Balaban J connectivity index is -0.0000000414. The zero-order valence-corrected chi connectivity index (χ0v) is 42.7. The topological polar surface area (TPSA) is 0 Å². The fraction of sp³-hybridized carbons (Fsp3) is 1.00. The van der Waals surface area contributed by atoms with E-state index in [2.05, 4.69) is 140 Å². The molecule has 0 aromatic heterocycles. The van der Waals surface area contributed by atoms with Gasteiger partial charge in [-0.2, -0.15) is 0 Å². The first kappa shape index (κ1) is 72.8. The minimum atomic E-state index is 0. The van der Waals surface area contributed by atoms with Crippen LogP contribution in [0.15, 0.2) is 0 Å². The second-order valence-electron chi connectivity index (χ2n) is 14.9. The van der Waals surface area contributed by atoms with Crippen LogP contribution in [0, 0.1) is 0 Å². The van der Waals surface area contributed by atoms with Crippen LogP contribution >= 0.6 is 0 Å². The summed E-state index contributed by atoms with van der Waals surface area (Å²) in [6, 6.07) is 0. The van der Waals surface area contributed by atoms with Crippen LogP contribution in [0.25, 0.3) is 0 Å². The van der Waals surface area contributed by atoms with E-state index in [1.165, 1.54) is 97.6 Å². The van der Waals surface area contributed by atoms with E-state index in [1.807, 2.05) is 0 Å². The highest BCUT2D eigenvalue weighted by Crippen LogP contribution is 1.98. The van der Waals surface area contributed by atoms with Crippen molar-refractivity contribution in [2.45, 2.75) is 101 Å². The Morgan fingerprint density at radius 3 is 0.333 bits per heavy atom. The van der Waals surface area contributed by atoms with Crippen molar-refractivity contribution in [3.63, 3.8) is 0 Å². The van der Waals surface area contributed by atoms with Crippen molar-refractivity contribution < 1.29 is 107 Å². The molecule has 290 valence electrons. The lowest BCUT2D eigenvalue weighted by Gasteiger charge is -2.27. The average Bonchev–Trinajstić information content (AvgIpc) is 2.86. The van der Waals surface area contributed by atoms with Gasteiger partial charge in [0.05, 0.1) is 136 Å². The normalized spacial score (nSPS) is 10.7. The molecule has 0 radical (unpaired) electrons. The van der Waals surface area contributed by atoms with Gasteiger partial charge in [0.2, 0.25) is 0 Å². The minimum absolute atomic E-state index is 0. The summed E-state index contributed by atoms with van der Waals surface area (Å²) in [5.41, 5.74) is 0. The molecule has 10 heteroatoms. The molecule has 0 aliphatic carbocycles. The number of hydrogen-bond donors (Lipinski definition) is 0. The Morgan fingerprint density at radius 1 is 0.222 bits per heavy atom. The second kappa shape index (κ2) is 42.4. The van der Waals surface area contributed by atoms with Gasteiger partial charge in [-0.15, -0.1) is 0 Å². The van der Waals surface area contributed by atoms with E-state index >= 15 is 0 Å². The Kier molecular flexibility index (Phi) is 68.5. The maximum Gasteiger partial charge on any atom is 0.0779 e. The number of halogens is 5. The van der Waals surface area contributed by atoms with Crippen molar-refractivity contribution >= 4 is 0 Å². The molecule has 0 spiro atoms. The molecule has 0 unspecified atom stereocenters. The Bertz CT molecular complexity index is 414. The van der Waals surface area contributed by atoms with Crippen molar-refractivity contribution in [2.24, 2.45) is 0 Å². The number of quaternary nitrogens is 5. The predicted molar refractivity (Wildman–Crippen MR) is 189 cm³/mol. The third-order valence-corrected chi connectivity index (χ3v) is 8.42. The monoisotopic (exact) mass is 975 g/mol. The molecular formula is C35H90Br5N5. The van der Waals surface area contributed by atoms with Gasteiger partial charge in [0.25, 0.3) is 0 Å². The van der Waals surface area contributed by atoms with Crippen molar-refractivity contribution in [3.05, 3.63) is 0 Å². The summed E-state index contributed by atoms with van der Waals surface area (Å²) >= 11 is 0. The van der Waals surface area contributed by atoms with Gasteiger partial charge in [-0.3, -0.25) is 0 Å². The summed E-state index contributed by atoms with van der Waals surface area (Å²) < 4.78 is 5.82. The summed E-state index contributed by atoms with van der Waals surface area (Å²) in [5, 5.41) is 0. The largest absolute Gasteiger partial charge is 1.00 e. The van der Waals surface area contributed by atoms with Gasteiger partial charge < -0.3 is 107 Å². The van der Waals surface area contributed by atoms with Crippen molar-refractivity contribution in [1.29, 1.82) is 0 Å². The quantitative estimate of drug-likeness (QED) is 0.144. The van der Waals surface area contributed by atoms with Crippen LogP contribution in [-0.2, 0) is 0 Å². The number of hydrogen-bond acceptors (Lipinski definition) is 0. The third-order valence-electron chi connectivity index (χ3n) is 8.42. The predicted octanol–water partition coefficient (Wildman–Crippen LogP) is -7.52. The second-order valence-corrected chi connectivity index (χ2v) is 14.9. The van der Waals surface area contributed by atoms with E-state index in [-0.39, 0.29) is 84.9 Å². The highest BCUT2D eigenvalue weighted by molar-refractivity contribution is 4.28. The van der Waals surface area contributed by atoms with Crippen molar-refractivity contribution in [1.82, 2.24) is 0 Å². The smallest absolute Gasteiger partial charge is 0.0779 e. The molecule has 0 amide bonds. The number of rotatable bonds is 15. The van der Waals surface area contributed by atoms with Crippen LogP contribution in [0.1, 0.15) is 101 Å². The van der Waals surface area contributed by atoms with Crippen LogP contribution in [0.3, 0.4) is 0 Å². The molecular weight excluding hydrogens is 890 g/mol. The Labute approximate surface area is 342 Å². The van der Waals surface area contributed by atoms with Crippen LogP contribution in [0.4, 0.5) is 0 Å². The highest BCUT2D eigenvalue weighted by Gasteiger charge is 2.10. The van der Waals surface area contributed by atoms with Gasteiger partial charge in [-0.25, -0.2) is 0 Å². The molecule has 45 heavy (non-hydrogen) atoms. The molecule has 0 bridgehead atoms. The Hall–Kier alpha value is 2.20. The van der Waals surface area contributed by atoms with E-state index < -0.39 is 0 Å². The third kappa shape index (κ3) is 65.2. The molecule has 0 rings (SSSR count). The van der Waals surface area contributed by atoms with Crippen LogP contribution in [-0.4, -0.2) is 158 Å². The van der Waals surface area contributed by atoms with Crippen LogP contribution in [0.5, 0.6) is 0 Å². The lowest BCUT2D eigenvalue weighted by molar-refractivity contribution is -0.888. The molecule has 0 fully saturated rings. The van der Waals surface area contributed by atoms with Crippen molar-refractivity contribution in [2.75, 3.05) is 136 Å². The van der Waals surface area contributed by atoms with E-state index in [0.29, 0.717) is 0 Å². The molecule has 0 saturated carbocycles. The summed E-state index contributed by atoms with van der Waals surface area (Å²) in [6.45, 7) is 35.0. The van der Waals surface area contributed by atoms with E-state index in [0.717, 1.165) is 22.4 Å². The molecule has 0 aromatic carbocycles. The summed E-state index contributed by atoms with van der Waals surface area (Å²) in [4.78, 5) is 0. The molecule has 0 aromatic rings. The van der Waals surface area contributed by atoms with Gasteiger partial charge >= 0.3 is 0 Å². The fourth-order valence-electron chi connectivity index (χ4n) is 3.82. The van der Waals surface area contributed by atoms with Gasteiger partial charge in [0.15, 0.2) is 0 Å². The molecule has 0 N–H and O–H groups in total. The summed E-state index contributed by atoms with van der Waals surface area (Å²) in [5.74, 6) is 0. The van der Waals surface area contributed by atoms with Gasteiger partial charge in [-0.1, -0.05) is 34.6 Å². The summed E-state index contributed by atoms with van der Waals surface area (Å²) in [6.07, 6.45) is 6.46. The van der Waals surface area contributed by atoms with Gasteiger partial charge in [-0.05, 0) is 66.7 Å². The first-order valence-corrected chi connectivity index (χ1v) is 17.2. The minimum Gasteiger partial charge on any atom is -1.00 e. The molecule has 0 atom stereocenters. The summed E-state index contributed by atoms with van der Waals surface area (Å²) in [7, 11) is 22.7. The van der Waals surface area contributed by atoms with Crippen LogP contribution in [0.2, 0.25) is 0 Å². The standard InChI is InChI=1S/5C7H18N.5BrH/c5*1-5-7-8(3,4)6-2;;;;;/h5*5-7H2,1-4H3;5*1H/q5*+1;;;;;/p-5. The van der Waals surface area contributed by atoms with Crippen LogP contribution < -0.4 is 84.9 Å². The first-order valence-electron chi connectivity index (χ1n) is 17.2. The van der Waals surface area contributed by atoms with Gasteiger partial charge in [0.1, 0.15) is 0 Å². The van der Waals surface area contributed by atoms with Gasteiger partial charge in [0, 0.05) is 0 Å². The highest BCUT2D eigenvalue weighted by atomic mass is 79.9. The molecule has 5 nitrogen and oxygen atoms in total. The molecule has 0 heterocycles. The zero-order valence-electron chi connectivity index (χ0n) is 34.7. The SMILES string of the molecule is CCC[N+](C)(C)CC.CCC[N+](C)(C)CC.CCC[N+](C)(C)CC.CCC[N+](C)(C)CC.CCC[N+](C)(C)CC.[Br-].[Br-].[Br-].[Br-].[Br-]. The number of nitrogens with zero attached hydrogens (tertiary/aromatic N) is 5. The Morgan fingerprint density at radius 2 is 0.311 bits per heavy atom. The maximum absolute atomic E-state index is 2.27.